The summed E-state index contributed by atoms with van der Waals surface area (Å²) >= 11 is 0. The number of benzene rings is 10. The molecule has 1 aliphatic carbocycles. The molecule has 0 atom stereocenters. The van der Waals surface area contributed by atoms with E-state index < -0.39 is 0 Å². The van der Waals surface area contributed by atoms with Gasteiger partial charge in [-0.3, -0.25) is 4.57 Å². The first-order valence-electron chi connectivity index (χ1n) is 22.0. The zero-order valence-electron chi connectivity index (χ0n) is 35.4. The quantitative estimate of drug-likeness (QED) is 0.163. The number of rotatable bonds is 5. The Kier molecular flexibility index (Phi) is 7.92. The van der Waals surface area contributed by atoms with Gasteiger partial charge < -0.3 is 0 Å². The van der Waals surface area contributed by atoms with Crippen molar-refractivity contribution < 1.29 is 0 Å². The molecule has 64 heavy (non-hydrogen) atoms. The molecule has 0 fully saturated rings. The highest BCUT2D eigenvalue weighted by Gasteiger charge is 2.36. The topological polar surface area (TPSA) is 43.6 Å². The van der Waals surface area contributed by atoms with Crippen molar-refractivity contribution in [2.45, 2.75) is 19.3 Å². The summed E-state index contributed by atoms with van der Waals surface area (Å²) in [6.45, 7) is 4.68. The molecule has 0 amide bonds. The lowest BCUT2D eigenvalue weighted by atomic mass is 9.82. The van der Waals surface area contributed by atoms with E-state index in [2.05, 4.69) is 188 Å². The Morgan fingerprint density at radius 3 is 1.39 bits per heavy atom. The van der Waals surface area contributed by atoms with Crippen molar-refractivity contribution in [3.8, 4) is 62.1 Å². The second-order valence-electron chi connectivity index (χ2n) is 17.6. The lowest BCUT2D eigenvalue weighted by Crippen LogP contribution is -2.15. The van der Waals surface area contributed by atoms with Crippen LogP contribution in [-0.4, -0.2) is 19.5 Å². The third-order valence-electron chi connectivity index (χ3n) is 13.6. The first-order valence-corrected chi connectivity index (χ1v) is 22.0. The van der Waals surface area contributed by atoms with Crippen LogP contribution in [0.2, 0.25) is 0 Å². The molecule has 2 heterocycles. The van der Waals surface area contributed by atoms with Gasteiger partial charge in [-0.2, -0.15) is 9.97 Å². The lowest BCUT2D eigenvalue weighted by molar-refractivity contribution is 0.661. The molecule has 0 saturated heterocycles. The maximum Gasteiger partial charge on any atom is 0.238 e. The van der Waals surface area contributed by atoms with Crippen molar-refractivity contribution in [3.63, 3.8) is 0 Å². The van der Waals surface area contributed by atoms with E-state index in [-0.39, 0.29) is 5.41 Å². The normalized spacial score (nSPS) is 13.0. The molecular weight excluding hydrogens is 777 g/mol. The lowest BCUT2D eigenvalue weighted by Gasteiger charge is -2.21. The number of nitrogens with zero attached hydrogens (tertiary/aromatic N) is 4. The highest BCUT2D eigenvalue weighted by molar-refractivity contribution is 6.26. The number of fused-ring (bicyclic) bond motifs is 12. The van der Waals surface area contributed by atoms with E-state index in [4.69, 9.17) is 15.0 Å². The molecule has 13 rings (SSSR count). The number of hydrogen-bond acceptors (Lipinski definition) is 3. The molecule has 0 N–H and O–H groups in total. The van der Waals surface area contributed by atoms with Gasteiger partial charge in [-0.1, -0.05) is 184 Å². The molecule has 0 spiro atoms. The fourth-order valence-electron chi connectivity index (χ4n) is 10.5. The first kappa shape index (κ1) is 36.4. The van der Waals surface area contributed by atoms with Crippen molar-refractivity contribution in [3.05, 3.63) is 217 Å². The predicted molar refractivity (Wildman–Crippen MR) is 266 cm³/mol. The van der Waals surface area contributed by atoms with Crippen LogP contribution in [0.1, 0.15) is 25.0 Å². The van der Waals surface area contributed by atoms with Crippen LogP contribution in [0.25, 0.3) is 116 Å². The summed E-state index contributed by atoms with van der Waals surface area (Å²) in [7, 11) is 0. The number of aromatic nitrogens is 4. The van der Waals surface area contributed by atoms with Gasteiger partial charge in [-0.25, -0.2) is 4.98 Å². The zero-order chi connectivity index (χ0) is 42.5. The zero-order valence-corrected chi connectivity index (χ0v) is 35.4. The van der Waals surface area contributed by atoms with Gasteiger partial charge in [-0.05, 0) is 113 Å². The molecule has 12 aromatic rings. The monoisotopic (exact) mass is 816 g/mol. The average Bonchev–Trinajstić information content (AvgIpc) is 3.80. The Bertz CT molecular complexity index is 3790. The summed E-state index contributed by atoms with van der Waals surface area (Å²) < 4.78 is 2.26. The smallest absolute Gasteiger partial charge is 0.238 e. The van der Waals surface area contributed by atoms with E-state index in [1.165, 1.54) is 71.3 Å². The van der Waals surface area contributed by atoms with Crippen LogP contribution in [0.5, 0.6) is 0 Å². The highest BCUT2D eigenvalue weighted by atomic mass is 15.2. The van der Waals surface area contributed by atoms with E-state index in [9.17, 15) is 0 Å². The largest absolute Gasteiger partial charge is 0.278 e. The Morgan fingerprint density at radius 1 is 0.312 bits per heavy atom. The van der Waals surface area contributed by atoms with Crippen LogP contribution in [0.15, 0.2) is 206 Å². The van der Waals surface area contributed by atoms with Crippen LogP contribution < -0.4 is 0 Å². The van der Waals surface area contributed by atoms with Crippen LogP contribution in [0.3, 0.4) is 0 Å². The Balaban J connectivity index is 1.08. The first-order chi connectivity index (χ1) is 31.5. The molecule has 0 saturated carbocycles. The summed E-state index contributed by atoms with van der Waals surface area (Å²) in [5.41, 5.74) is 13.8. The average molecular weight is 817 g/mol. The summed E-state index contributed by atoms with van der Waals surface area (Å²) in [5.74, 6) is 1.86. The van der Waals surface area contributed by atoms with E-state index in [0.29, 0.717) is 17.6 Å². The van der Waals surface area contributed by atoms with E-state index in [1.807, 2.05) is 36.4 Å². The molecule has 10 aromatic carbocycles. The SMILES string of the molecule is CC1(C)c2ccccc2-c2cc3c4cc(-c5ccc6c7ccccc7c7ccc(-c8ccccc8)cc7c6c5)ccc4n(-c4nc(-c5ccccc5)nc(-c5ccccc5)n4)c3cc21. The summed E-state index contributed by atoms with van der Waals surface area (Å²) in [6.07, 6.45) is 0. The standard InChI is InChI=1S/C60H40N4/c1-60(2)53-25-15-14-24-47(53)50-35-52-51-34-42(41-27-30-46-44-23-13-12-22-43(44)45-29-26-40(32-48(45)49(46)33-41)37-16-6-3-7-17-37)28-31-55(51)64(56(52)36-54(50)60)59-62-57(38-18-8-4-9-19-38)61-58(63-59)39-20-10-5-11-21-39/h3-36H,1-2H3. The Labute approximate surface area is 370 Å². The van der Waals surface area contributed by atoms with Crippen molar-refractivity contribution in [2.75, 3.05) is 0 Å². The fourth-order valence-corrected chi connectivity index (χ4v) is 10.5. The fraction of sp³-hybridized carbons (Fsp3) is 0.0500. The van der Waals surface area contributed by atoms with Crippen molar-refractivity contribution in [1.29, 1.82) is 0 Å². The second kappa shape index (κ2) is 13.9. The molecule has 2 aromatic heterocycles. The third kappa shape index (κ3) is 5.52. The van der Waals surface area contributed by atoms with Gasteiger partial charge in [0.1, 0.15) is 0 Å². The summed E-state index contributed by atoms with van der Waals surface area (Å²) in [6, 6.07) is 74.5. The molecule has 0 unspecified atom stereocenters. The molecule has 300 valence electrons. The van der Waals surface area contributed by atoms with Crippen molar-refractivity contribution >= 4 is 54.1 Å². The van der Waals surface area contributed by atoms with Gasteiger partial charge in [-0.15, -0.1) is 0 Å². The van der Waals surface area contributed by atoms with Gasteiger partial charge in [0, 0.05) is 27.3 Å². The molecular formula is C60H40N4. The molecule has 0 radical (unpaired) electrons. The van der Waals surface area contributed by atoms with E-state index >= 15 is 0 Å². The maximum absolute atomic E-state index is 5.28. The van der Waals surface area contributed by atoms with Crippen LogP contribution in [-0.2, 0) is 5.41 Å². The summed E-state index contributed by atoms with van der Waals surface area (Å²) in [4.78, 5) is 15.6. The minimum Gasteiger partial charge on any atom is -0.278 e. The van der Waals surface area contributed by atoms with Crippen molar-refractivity contribution in [2.24, 2.45) is 0 Å². The molecule has 1 aliphatic rings. The van der Waals surface area contributed by atoms with Gasteiger partial charge >= 0.3 is 0 Å². The molecule has 0 bridgehead atoms. The minimum absolute atomic E-state index is 0.186. The van der Waals surface area contributed by atoms with Crippen molar-refractivity contribution in [1.82, 2.24) is 19.5 Å². The molecule has 0 aliphatic heterocycles. The van der Waals surface area contributed by atoms with E-state index in [0.717, 1.165) is 38.5 Å². The number of hydrogen-bond donors (Lipinski definition) is 0. The van der Waals surface area contributed by atoms with Gasteiger partial charge in [0.2, 0.25) is 5.95 Å². The molecule has 4 nitrogen and oxygen atoms in total. The maximum atomic E-state index is 5.28. The summed E-state index contributed by atoms with van der Waals surface area (Å²) in [5, 5.41) is 9.86. The predicted octanol–water partition coefficient (Wildman–Crippen LogP) is 15.4. The van der Waals surface area contributed by atoms with Crippen LogP contribution >= 0.6 is 0 Å². The van der Waals surface area contributed by atoms with Crippen LogP contribution in [0, 0.1) is 0 Å². The Morgan fingerprint density at radius 2 is 0.781 bits per heavy atom. The third-order valence-corrected chi connectivity index (χ3v) is 13.6. The van der Waals surface area contributed by atoms with Crippen LogP contribution in [0.4, 0.5) is 0 Å². The molecule has 4 heteroatoms. The van der Waals surface area contributed by atoms with Gasteiger partial charge in [0.25, 0.3) is 0 Å². The second-order valence-corrected chi connectivity index (χ2v) is 17.6. The Hall–Kier alpha value is -8.21. The van der Waals surface area contributed by atoms with Gasteiger partial charge in [0.05, 0.1) is 11.0 Å². The van der Waals surface area contributed by atoms with Gasteiger partial charge in [0.15, 0.2) is 11.6 Å². The van der Waals surface area contributed by atoms with E-state index in [1.54, 1.807) is 0 Å². The highest BCUT2D eigenvalue weighted by Crippen LogP contribution is 2.51. The minimum atomic E-state index is -0.186.